The van der Waals surface area contributed by atoms with E-state index in [2.05, 4.69) is 43.5 Å². The summed E-state index contributed by atoms with van der Waals surface area (Å²) in [7, 11) is 0. The van der Waals surface area contributed by atoms with Crippen molar-refractivity contribution in [1.29, 1.82) is 0 Å². The third-order valence-corrected chi connectivity index (χ3v) is 5.59. The molecule has 0 N–H and O–H groups in total. The molecule has 0 aliphatic carbocycles. The minimum atomic E-state index is -0.127. The Kier molecular flexibility index (Phi) is 8.09. The maximum absolute atomic E-state index is 5.78. The van der Waals surface area contributed by atoms with E-state index in [9.17, 15) is 0 Å². The molecule has 0 heterocycles. The molecule has 17 heavy (non-hydrogen) atoms. The zero-order valence-electron chi connectivity index (χ0n) is 10.2. The van der Waals surface area contributed by atoms with Crippen LogP contribution in [0.2, 0.25) is 4.47 Å². The van der Waals surface area contributed by atoms with Crippen LogP contribution in [-0.4, -0.2) is 33.6 Å². The molecule has 0 radical (unpaired) electrons. The van der Waals surface area contributed by atoms with Crippen LogP contribution in [-0.2, 0) is 4.74 Å². The second-order valence-electron chi connectivity index (χ2n) is 3.73. The van der Waals surface area contributed by atoms with Crippen LogP contribution in [0.15, 0.2) is 55.6 Å². The molecule has 1 aromatic carbocycles. The first-order valence-corrected chi connectivity index (χ1v) is 8.69. The van der Waals surface area contributed by atoms with E-state index in [1.807, 2.05) is 12.2 Å². The van der Waals surface area contributed by atoms with E-state index in [4.69, 9.17) is 4.74 Å². The Labute approximate surface area is 115 Å². The molecule has 92 valence electrons. The van der Waals surface area contributed by atoms with Gasteiger partial charge in [0.25, 0.3) is 0 Å². The summed E-state index contributed by atoms with van der Waals surface area (Å²) in [4.78, 5) is 0. The van der Waals surface area contributed by atoms with Gasteiger partial charge in [0.2, 0.25) is 0 Å². The zero-order chi connectivity index (χ0) is 12.3. The van der Waals surface area contributed by atoms with Crippen molar-refractivity contribution >= 4 is 24.5 Å². The Hall–Kier alpha value is -0.550. The van der Waals surface area contributed by atoms with Crippen LogP contribution in [0.3, 0.4) is 0 Å². The van der Waals surface area contributed by atoms with Gasteiger partial charge in [-0.2, -0.15) is 0 Å². The average molecular weight is 344 g/mol. The first-order valence-electron chi connectivity index (χ1n) is 5.88. The van der Waals surface area contributed by atoms with Crippen molar-refractivity contribution in [3.05, 3.63) is 55.6 Å². The van der Waals surface area contributed by atoms with Crippen molar-refractivity contribution in [2.75, 3.05) is 6.61 Å². The third kappa shape index (κ3) is 6.68. The molecule has 1 aromatic rings. The molecule has 0 saturated heterocycles. The molecular weight excluding hydrogens is 324 g/mol. The van der Waals surface area contributed by atoms with Gasteiger partial charge < -0.3 is 0 Å². The predicted molar refractivity (Wildman–Crippen MR) is 76.0 cm³/mol. The quantitative estimate of drug-likeness (QED) is 0.495. The second-order valence-corrected chi connectivity index (χ2v) is 6.85. The van der Waals surface area contributed by atoms with Gasteiger partial charge in [0.05, 0.1) is 0 Å². The van der Waals surface area contributed by atoms with Crippen molar-refractivity contribution in [2.24, 2.45) is 0 Å². The van der Waals surface area contributed by atoms with Gasteiger partial charge in [-0.25, -0.2) is 0 Å². The fourth-order valence-corrected chi connectivity index (χ4v) is 4.26. The molecule has 0 spiro atoms. The monoisotopic (exact) mass is 346 g/mol. The predicted octanol–water partition coefficient (Wildman–Crippen LogP) is 2.97. The molecule has 1 rings (SSSR count). The van der Waals surface area contributed by atoms with Crippen LogP contribution < -0.4 is 3.61 Å². The second kappa shape index (κ2) is 9.48. The number of hydrogen-bond acceptors (Lipinski definition) is 1. The standard InChI is InChI=1S/C15H20OTe/c1-3-5-9-14(16-12-4-2)13-17-15-10-7-6-8-11-15/h3-4,6-8,10-11,14H,1-2,5,9,12-13H2. The van der Waals surface area contributed by atoms with Gasteiger partial charge in [0, 0.05) is 0 Å². The third-order valence-electron chi connectivity index (χ3n) is 2.32. The van der Waals surface area contributed by atoms with Crippen molar-refractivity contribution in [1.82, 2.24) is 0 Å². The summed E-state index contributed by atoms with van der Waals surface area (Å²) in [6.07, 6.45) is 6.27. The maximum atomic E-state index is 5.78. The van der Waals surface area contributed by atoms with E-state index in [-0.39, 0.29) is 20.9 Å². The summed E-state index contributed by atoms with van der Waals surface area (Å²) < 4.78 is 8.48. The van der Waals surface area contributed by atoms with Gasteiger partial charge in [-0.3, -0.25) is 0 Å². The summed E-state index contributed by atoms with van der Waals surface area (Å²) in [5, 5.41) is 0. The Morgan fingerprint density at radius 3 is 2.59 bits per heavy atom. The molecule has 0 aliphatic heterocycles. The minimum absolute atomic E-state index is 0.127. The Morgan fingerprint density at radius 1 is 1.18 bits per heavy atom. The van der Waals surface area contributed by atoms with Crippen LogP contribution >= 0.6 is 0 Å². The van der Waals surface area contributed by atoms with E-state index in [0.29, 0.717) is 12.7 Å². The summed E-state index contributed by atoms with van der Waals surface area (Å²) in [5.41, 5.74) is 0. The molecule has 2 heteroatoms. The van der Waals surface area contributed by atoms with Gasteiger partial charge in [-0.15, -0.1) is 0 Å². The van der Waals surface area contributed by atoms with Crippen LogP contribution in [0.25, 0.3) is 0 Å². The van der Waals surface area contributed by atoms with Crippen LogP contribution in [0, 0.1) is 0 Å². The fraction of sp³-hybridized carbons (Fsp3) is 0.333. The summed E-state index contributed by atoms with van der Waals surface area (Å²) in [6.45, 7) is 8.12. The Bertz CT molecular complexity index is 309. The Balaban J connectivity index is 2.36. The Morgan fingerprint density at radius 2 is 1.94 bits per heavy atom. The molecule has 1 unspecified atom stereocenters. The number of ether oxygens (including phenoxy) is 1. The average Bonchev–Trinajstić information content (AvgIpc) is 2.39. The molecular formula is C15H20OTe. The number of rotatable bonds is 9. The van der Waals surface area contributed by atoms with Gasteiger partial charge >= 0.3 is 115 Å². The number of benzene rings is 1. The summed E-state index contributed by atoms with van der Waals surface area (Å²) in [6, 6.07) is 10.7. The topological polar surface area (TPSA) is 9.23 Å². The molecule has 0 bridgehead atoms. The van der Waals surface area contributed by atoms with Crippen molar-refractivity contribution < 1.29 is 4.74 Å². The van der Waals surface area contributed by atoms with E-state index in [1.54, 1.807) is 0 Å². The van der Waals surface area contributed by atoms with E-state index >= 15 is 0 Å². The molecule has 0 aromatic heterocycles. The van der Waals surface area contributed by atoms with E-state index in [0.717, 1.165) is 12.8 Å². The molecule has 0 amide bonds. The molecule has 0 saturated carbocycles. The van der Waals surface area contributed by atoms with Crippen LogP contribution in [0.4, 0.5) is 0 Å². The molecule has 0 aliphatic rings. The van der Waals surface area contributed by atoms with E-state index < -0.39 is 0 Å². The first kappa shape index (κ1) is 14.5. The first-order chi connectivity index (χ1) is 8.36. The fourth-order valence-electron chi connectivity index (χ4n) is 1.43. The van der Waals surface area contributed by atoms with Crippen molar-refractivity contribution in [2.45, 2.75) is 23.4 Å². The number of hydrogen-bond donors (Lipinski definition) is 0. The van der Waals surface area contributed by atoms with Gasteiger partial charge in [0.15, 0.2) is 0 Å². The van der Waals surface area contributed by atoms with Crippen LogP contribution in [0.1, 0.15) is 12.8 Å². The normalized spacial score (nSPS) is 12.0. The molecule has 1 nitrogen and oxygen atoms in total. The van der Waals surface area contributed by atoms with Gasteiger partial charge in [-0.05, 0) is 0 Å². The van der Waals surface area contributed by atoms with Gasteiger partial charge in [-0.1, -0.05) is 0 Å². The molecule has 1 atom stereocenters. The summed E-state index contributed by atoms with van der Waals surface area (Å²) >= 11 is -0.127. The molecule has 0 fully saturated rings. The van der Waals surface area contributed by atoms with Crippen molar-refractivity contribution in [3.8, 4) is 0 Å². The SMILES string of the molecule is C=CCCC(C[Te]c1ccccc1)OCC=C. The van der Waals surface area contributed by atoms with E-state index in [1.165, 1.54) is 8.08 Å². The van der Waals surface area contributed by atoms with Crippen molar-refractivity contribution in [3.63, 3.8) is 0 Å². The van der Waals surface area contributed by atoms with Crippen LogP contribution in [0.5, 0.6) is 0 Å². The van der Waals surface area contributed by atoms with Gasteiger partial charge in [0.1, 0.15) is 0 Å². The zero-order valence-corrected chi connectivity index (χ0v) is 12.5. The summed E-state index contributed by atoms with van der Waals surface area (Å²) in [5.74, 6) is 0. The number of allylic oxidation sites excluding steroid dienone is 1.